The van der Waals surface area contributed by atoms with E-state index < -0.39 is 0 Å². The van der Waals surface area contributed by atoms with E-state index in [0.717, 1.165) is 18.4 Å². The maximum Gasteiger partial charge on any atom is 0.232 e. The van der Waals surface area contributed by atoms with E-state index in [0.29, 0.717) is 27.6 Å². The Labute approximate surface area is 141 Å². The van der Waals surface area contributed by atoms with E-state index in [4.69, 9.17) is 23.2 Å². The lowest BCUT2D eigenvalue weighted by atomic mass is 9.94. The number of carbonyl (C=O) groups excluding carboxylic acids is 1. The van der Waals surface area contributed by atoms with E-state index in [9.17, 15) is 4.79 Å². The SMILES string of the molecule is CN(C(=O)CSCc1c(Cl)cccc1Cl)C1CCCCC1. The maximum absolute atomic E-state index is 12.2. The molecule has 1 fully saturated rings. The highest BCUT2D eigenvalue weighted by molar-refractivity contribution is 7.99. The van der Waals surface area contributed by atoms with Crippen LogP contribution in [-0.4, -0.2) is 29.6 Å². The van der Waals surface area contributed by atoms with Gasteiger partial charge >= 0.3 is 0 Å². The van der Waals surface area contributed by atoms with Crippen LogP contribution in [0, 0.1) is 0 Å². The Hall–Kier alpha value is -0.380. The third-order valence-electron chi connectivity index (χ3n) is 4.05. The van der Waals surface area contributed by atoms with Crippen LogP contribution in [-0.2, 0) is 10.5 Å². The van der Waals surface area contributed by atoms with Crippen molar-refractivity contribution in [3.8, 4) is 0 Å². The van der Waals surface area contributed by atoms with Crippen molar-refractivity contribution >= 4 is 40.9 Å². The van der Waals surface area contributed by atoms with Crippen molar-refractivity contribution in [2.45, 2.75) is 43.9 Å². The zero-order valence-corrected chi connectivity index (χ0v) is 14.6. The number of nitrogens with zero attached hydrogens (tertiary/aromatic N) is 1. The van der Waals surface area contributed by atoms with Crippen molar-refractivity contribution in [2.24, 2.45) is 0 Å². The number of carbonyl (C=O) groups is 1. The zero-order chi connectivity index (χ0) is 15.2. The summed E-state index contributed by atoms with van der Waals surface area (Å²) in [4.78, 5) is 14.2. The van der Waals surface area contributed by atoms with Crippen molar-refractivity contribution in [2.75, 3.05) is 12.8 Å². The fourth-order valence-corrected chi connectivity index (χ4v) is 4.37. The quantitative estimate of drug-likeness (QED) is 0.746. The molecule has 0 atom stereocenters. The highest BCUT2D eigenvalue weighted by atomic mass is 35.5. The van der Waals surface area contributed by atoms with Gasteiger partial charge in [-0.25, -0.2) is 0 Å². The first kappa shape index (κ1) is 17.0. The van der Waals surface area contributed by atoms with Crippen LogP contribution in [0.5, 0.6) is 0 Å². The van der Waals surface area contributed by atoms with Crippen molar-refractivity contribution in [3.05, 3.63) is 33.8 Å². The summed E-state index contributed by atoms with van der Waals surface area (Å²) in [7, 11) is 1.93. The van der Waals surface area contributed by atoms with Crippen molar-refractivity contribution in [1.82, 2.24) is 4.90 Å². The van der Waals surface area contributed by atoms with Gasteiger partial charge in [0.1, 0.15) is 0 Å². The second-order valence-electron chi connectivity index (χ2n) is 5.49. The predicted molar refractivity (Wildman–Crippen MR) is 92.3 cm³/mol. The predicted octanol–water partition coefficient (Wildman–Crippen LogP) is 5.02. The summed E-state index contributed by atoms with van der Waals surface area (Å²) in [6.07, 6.45) is 6.07. The third-order valence-corrected chi connectivity index (χ3v) is 5.70. The second kappa shape index (κ2) is 8.30. The molecule has 2 rings (SSSR count). The molecular formula is C16H21Cl2NOS. The molecule has 0 aromatic heterocycles. The fraction of sp³-hybridized carbons (Fsp3) is 0.562. The third kappa shape index (κ3) is 4.80. The van der Waals surface area contributed by atoms with Crippen LogP contribution in [0.1, 0.15) is 37.7 Å². The standard InChI is InChI=1S/C16H21Cl2NOS/c1-19(12-6-3-2-4-7-12)16(20)11-21-10-13-14(17)8-5-9-15(13)18/h5,8-9,12H,2-4,6-7,10-11H2,1H3. The summed E-state index contributed by atoms with van der Waals surface area (Å²) in [5.74, 6) is 1.35. The smallest absolute Gasteiger partial charge is 0.232 e. The number of halogens is 2. The van der Waals surface area contributed by atoms with E-state index in [1.807, 2.05) is 30.1 Å². The molecule has 1 aromatic rings. The van der Waals surface area contributed by atoms with E-state index >= 15 is 0 Å². The lowest BCUT2D eigenvalue weighted by Gasteiger charge is -2.31. The Morgan fingerprint density at radius 2 is 1.86 bits per heavy atom. The summed E-state index contributed by atoms with van der Waals surface area (Å²) in [6.45, 7) is 0. The molecule has 1 aliphatic carbocycles. The van der Waals surface area contributed by atoms with Crippen molar-refractivity contribution < 1.29 is 4.79 Å². The summed E-state index contributed by atoms with van der Waals surface area (Å²) < 4.78 is 0. The molecule has 0 bridgehead atoms. The summed E-state index contributed by atoms with van der Waals surface area (Å²) >= 11 is 13.8. The molecular weight excluding hydrogens is 325 g/mol. The molecule has 1 aromatic carbocycles. The van der Waals surface area contributed by atoms with E-state index in [2.05, 4.69) is 0 Å². The van der Waals surface area contributed by atoms with Crippen LogP contribution in [0.4, 0.5) is 0 Å². The zero-order valence-electron chi connectivity index (χ0n) is 12.3. The van der Waals surface area contributed by atoms with Crippen LogP contribution in [0.15, 0.2) is 18.2 Å². The molecule has 0 N–H and O–H groups in total. The molecule has 116 valence electrons. The molecule has 0 saturated heterocycles. The molecule has 1 amide bonds. The highest BCUT2D eigenvalue weighted by Gasteiger charge is 2.21. The van der Waals surface area contributed by atoms with Gasteiger partial charge in [0.15, 0.2) is 0 Å². The minimum Gasteiger partial charge on any atom is -0.342 e. The number of amides is 1. The first-order valence-corrected chi connectivity index (χ1v) is 9.27. The maximum atomic E-state index is 12.2. The van der Waals surface area contributed by atoms with Crippen molar-refractivity contribution in [1.29, 1.82) is 0 Å². The van der Waals surface area contributed by atoms with E-state index in [1.54, 1.807) is 11.8 Å². The Bertz CT molecular complexity index is 469. The van der Waals surface area contributed by atoms with Gasteiger partial charge in [0, 0.05) is 28.9 Å². The minimum atomic E-state index is 0.204. The molecule has 0 radical (unpaired) electrons. The minimum absolute atomic E-state index is 0.204. The summed E-state index contributed by atoms with van der Waals surface area (Å²) in [5, 5.41) is 1.34. The topological polar surface area (TPSA) is 20.3 Å². The van der Waals surface area contributed by atoms with Crippen LogP contribution in [0.2, 0.25) is 10.0 Å². The molecule has 5 heteroatoms. The van der Waals surface area contributed by atoms with E-state index in [-0.39, 0.29) is 5.91 Å². The highest BCUT2D eigenvalue weighted by Crippen LogP contribution is 2.28. The Morgan fingerprint density at radius 3 is 2.48 bits per heavy atom. The molecule has 21 heavy (non-hydrogen) atoms. The molecule has 0 unspecified atom stereocenters. The van der Waals surface area contributed by atoms with Gasteiger partial charge < -0.3 is 4.90 Å². The van der Waals surface area contributed by atoms with Crippen LogP contribution in [0.25, 0.3) is 0 Å². The summed E-state index contributed by atoms with van der Waals surface area (Å²) in [5.41, 5.74) is 0.916. The van der Waals surface area contributed by atoms with Gasteiger partial charge in [-0.3, -0.25) is 4.79 Å². The average Bonchev–Trinajstić information content (AvgIpc) is 2.50. The summed E-state index contributed by atoms with van der Waals surface area (Å²) in [6, 6.07) is 5.93. The largest absolute Gasteiger partial charge is 0.342 e. The van der Waals surface area contributed by atoms with Gasteiger partial charge in [-0.1, -0.05) is 48.5 Å². The number of hydrogen-bond acceptors (Lipinski definition) is 2. The molecule has 0 heterocycles. The van der Waals surface area contributed by atoms with Gasteiger partial charge in [0.05, 0.1) is 5.75 Å². The lowest BCUT2D eigenvalue weighted by molar-refractivity contribution is -0.129. The monoisotopic (exact) mass is 345 g/mol. The Morgan fingerprint density at radius 1 is 1.24 bits per heavy atom. The van der Waals surface area contributed by atoms with Gasteiger partial charge in [0.2, 0.25) is 5.91 Å². The Balaban J connectivity index is 1.81. The van der Waals surface area contributed by atoms with Gasteiger partial charge in [-0.05, 0) is 30.5 Å². The van der Waals surface area contributed by atoms with Gasteiger partial charge in [-0.15, -0.1) is 11.8 Å². The van der Waals surface area contributed by atoms with Gasteiger partial charge in [-0.2, -0.15) is 0 Å². The van der Waals surface area contributed by atoms with Crippen molar-refractivity contribution in [3.63, 3.8) is 0 Å². The normalized spacial score (nSPS) is 16.0. The number of benzene rings is 1. The molecule has 1 aliphatic rings. The average molecular weight is 346 g/mol. The molecule has 0 spiro atoms. The first-order valence-electron chi connectivity index (χ1n) is 7.36. The lowest BCUT2D eigenvalue weighted by Crippen LogP contribution is -2.39. The van der Waals surface area contributed by atoms with E-state index in [1.165, 1.54) is 19.3 Å². The molecule has 1 saturated carbocycles. The van der Waals surface area contributed by atoms with Gasteiger partial charge in [0.25, 0.3) is 0 Å². The second-order valence-corrected chi connectivity index (χ2v) is 7.29. The fourth-order valence-electron chi connectivity index (χ4n) is 2.68. The molecule has 2 nitrogen and oxygen atoms in total. The van der Waals surface area contributed by atoms with Crippen LogP contribution in [0.3, 0.4) is 0 Å². The van der Waals surface area contributed by atoms with Crippen LogP contribution >= 0.6 is 35.0 Å². The molecule has 0 aliphatic heterocycles. The number of thioether (sulfide) groups is 1. The first-order chi connectivity index (χ1) is 10.1. The number of rotatable bonds is 5. The van der Waals surface area contributed by atoms with Crippen LogP contribution < -0.4 is 0 Å². The Kier molecular flexibility index (Phi) is 6.72. The number of hydrogen-bond donors (Lipinski definition) is 0.